The van der Waals surface area contributed by atoms with E-state index >= 15 is 0 Å². The fourth-order valence-electron chi connectivity index (χ4n) is 3.19. The van der Waals surface area contributed by atoms with Crippen molar-refractivity contribution >= 4 is 29.3 Å². The van der Waals surface area contributed by atoms with Gasteiger partial charge in [-0.1, -0.05) is 24.3 Å². The van der Waals surface area contributed by atoms with Gasteiger partial charge in [0.1, 0.15) is 11.6 Å². The monoisotopic (exact) mass is 437 g/mol. The predicted octanol–water partition coefficient (Wildman–Crippen LogP) is 4.16. The molecule has 0 spiro atoms. The van der Waals surface area contributed by atoms with E-state index in [1.165, 1.54) is 23.9 Å². The number of amides is 2. The minimum Gasteiger partial charge on any atom is -0.439 e. The summed E-state index contributed by atoms with van der Waals surface area (Å²) in [7, 11) is 0. The highest BCUT2D eigenvalue weighted by atomic mass is 32.2. The summed E-state index contributed by atoms with van der Waals surface area (Å²) in [4.78, 5) is 31.6. The van der Waals surface area contributed by atoms with Gasteiger partial charge in [-0.25, -0.2) is 9.37 Å². The number of benzene rings is 2. The second-order valence-electron chi connectivity index (χ2n) is 6.86. The Bertz CT molecular complexity index is 1110. The third kappa shape index (κ3) is 5.21. The first-order valence-corrected chi connectivity index (χ1v) is 10.7. The topological polar surface area (TPSA) is 71.5 Å². The maximum atomic E-state index is 13.4. The molecular formula is C23H20FN3O3S. The molecule has 3 aromatic rings. The van der Waals surface area contributed by atoms with Crippen LogP contribution in [-0.4, -0.2) is 29.1 Å². The second-order valence-corrected chi connectivity index (χ2v) is 7.87. The fourth-order valence-corrected chi connectivity index (χ4v) is 4.12. The van der Waals surface area contributed by atoms with Crippen LogP contribution in [0.3, 0.4) is 0 Å². The number of fused-ring (bicyclic) bond motifs is 1. The molecule has 1 N–H and O–H groups in total. The lowest BCUT2D eigenvalue weighted by Gasteiger charge is -2.28. The Labute approximate surface area is 183 Å². The Hall–Kier alpha value is -3.39. The molecule has 0 bridgehead atoms. The highest BCUT2D eigenvalue weighted by Crippen LogP contribution is 2.34. The molecule has 1 aromatic heterocycles. The number of hydrogen-bond donors (Lipinski definition) is 1. The SMILES string of the molecule is O=C(CCN1C(=O)CSc2ccccc21)NCc1cccnc1Oc1cccc(F)c1. The first kappa shape index (κ1) is 20.9. The van der Waals surface area contributed by atoms with Crippen molar-refractivity contribution in [2.75, 3.05) is 17.2 Å². The molecule has 0 aliphatic carbocycles. The van der Waals surface area contributed by atoms with Gasteiger partial charge in [-0.2, -0.15) is 0 Å². The number of nitrogens with one attached hydrogen (secondary N) is 1. The zero-order valence-corrected chi connectivity index (χ0v) is 17.4. The van der Waals surface area contributed by atoms with Gasteiger partial charge < -0.3 is 15.0 Å². The van der Waals surface area contributed by atoms with Gasteiger partial charge >= 0.3 is 0 Å². The molecule has 2 heterocycles. The van der Waals surface area contributed by atoms with E-state index in [1.54, 1.807) is 35.4 Å². The van der Waals surface area contributed by atoms with Crippen LogP contribution < -0.4 is 15.0 Å². The van der Waals surface area contributed by atoms with Crippen molar-refractivity contribution in [3.8, 4) is 11.6 Å². The van der Waals surface area contributed by atoms with Crippen LogP contribution >= 0.6 is 11.8 Å². The summed E-state index contributed by atoms with van der Waals surface area (Å²) in [6, 6.07) is 17.0. The van der Waals surface area contributed by atoms with Crippen molar-refractivity contribution < 1.29 is 18.7 Å². The minimum absolute atomic E-state index is 0.00506. The lowest BCUT2D eigenvalue weighted by atomic mass is 10.2. The first-order chi connectivity index (χ1) is 15.1. The standard InChI is InChI=1S/C23H20FN3O3S/c24-17-6-3-7-18(13-17)30-23-16(5-4-11-25-23)14-26-21(28)10-12-27-19-8-1-2-9-20(19)31-15-22(27)29/h1-9,11,13H,10,12,14-15H2,(H,26,28). The van der Waals surface area contributed by atoms with E-state index in [0.717, 1.165) is 10.6 Å². The van der Waals surface area contributed by atoms with E-state index in [2.05, 4.69) is 10.3 Å². The third-order valence-corrected chi connectivity index (χ3v) is 5.75. The Morgan fingerprint density at radius 3 is 2.90 bits per heavy atom. The number of carbonyl (C=O) groups excluding carboxylic acids is 2. The molecular weight excluding hydrogens is 417 g/mol. The molecule has 6 nitrogen and oxygen atoms in total. The molecule has 0 fully saturated rings. The van der Waals surface area contributed by atoms with Crippen LogP contribution in [0, 0.1) is 5.82 Å². The highest BCUT2D eigenvalue weighted by molar-refractivity contribution is 8.00. The van der Waals surface area contributed by atoms with E-state index in [-0.39, 0.29) is 24.8 Å². The normalized spacial score (nSPS) is 12.9. The van der Waals surface area contributed by atoms with Gasteiger partial charge in [-0.3, -0.25) is 9.59 Å². The van der Waals surface area contributed by atoms with Gasteiger partial charge in [0.25, 0.3) is 0 Å². The van der Waals surface area contributed by atoms with Crippen LogP contribution in [0.2, 0.25) is 0 Å². The number of carbonyl (C=O) groups is 2. The molecule has 1 aliphatic heterocycles. The summed E-state index contributed by atoms with van der Waals surface area (Å²) in [5.74, 6) is 0.390. The Balaban J connectivity index is 1.35. The number of pyridine rings is 1. The smallest absolute Gasteiger partial charge is 0.237 e. The van der Waals surface area contributed by atoms with Gasteiger partial charge in [0.15, 0.2) is 0 Å². The number of ether oxygens (including phenoxy) is 1. The molecule has 8 heteroatoms. The maximum absolute atomic E-state index is 13.4. The van der Waals surface area contributed by atoms with Crippen molar-refractivity contribution in [2.24, 2.45) is 0 Å². The number of halogens is 1. The van der Waals surface area contributed by atoms with E-state index in [4.69, 9.17) is 4.74 Å². The lowest BCUT2D eigenvalue weighted by molar-refractivity contribution is -0.121. The molecule has 1 aliphatic rings. The zero-order valence-electron chi connectivity index (χ0n) is 16.6. The zero-order chi connectivity index (χ0) is 21.6. The summed E-state index contributed by atoms with van der Waals surface area (Å²) >= 11 is 1.51. The fraction of sp³-hybridized carbons (Fsp3) is 0.174. The van der Waals surface area contributed by atoms with Gasteiger partial charge in [0.2, 0.25) is 17.7 Å². The number of aromatic nitrogens is 1. The van der Waals surface area contributed by atoms with Crippen molar-refractivity contribution in [3.05, 3.63) is 78.2 Å². The summed E-state index contributed by atoms with van der Waals surface area (Å²) in [6.07, 6.45) is 1.74. The molecule has 2 aromatic carbocycles. The molecule has 0 unspecified atom stereocenters. The second kappa shape index (κ2) is 9.61. The summed E-state index contributed by atoms with van der Waals surface area (Å²) < 4.78 is 19.1. The van der Waals surface area contributed by atoms with Crippen LogP contribution in [0.25, 0.3) is 0 Å². The molecule has 0 atom stereocenters. The predicted molar refractivity (Wildman–Crippen MR) is 117 cm³/mol. The quantitative estimate of drug-likeness (QED) is 0.601. The van der Waals surface area contributed by atoms with Crippen LogP contribution in [0.5, 0.6) is 11.6 Å². The van der Waals surface area contributed by atoms with Gasteiger partial charge in [0, 0.05) is 42.2 Å². The van der Waals surface area contributed by atoms with Gasteiger partial charge in [0.05, 0.1) is 11.4 Å². The van der Waals surface area contributed by atoms with Crippen molar-refractivity contribution in [2.45, 2.75) is 17.9 Å². The number of rotatable bonds is 7. The highest BCUT2D eigenvalue weighted by Gasteiger charge is 2.24. The van der Waals surface area contributed by atoms with Crippen LogP contribution in [0.4, 0.5) is 10.1 Å². The van der Waals surface area contributed by atoms with Crippen molar-refractivity contribution in [1.29, 1.82) is 0 Å². The molecule has 31 heavy (non-hydrogen) atoms. The summed E-state index contributed by atoms with van der Waals surface area (Å²) in [5, 5.41) is 2.84. The first-order valence-electron chi connectivity index (χ1n) is 9.76. The van der Waals surface area contributed by atoms with Gasteiger partial charge in [-0.15, -0.1) is 11.8 Å². The number of para-hydroxylation sites is 1. The lowest BCUT2D eigenvalue weighted by Crippen LogP contribution is -2.38. The van der Waals surface area contributed by atoms with Crippen LogP contribution in [-0.2, 0) is 16.1 Å². The third-order valence-electron chi connectivity index (χ3n) is 4.71. The largest absolute Gasteiger partial charge is 0.439 e. The number of anilines is 1. The Morgan fingerprint density at radius 1 is 1.16 bits per heavy atom. The molecule has 2 amide bonds. The average Bonchev–Trinajstić information content (AvgIpc) is 2.78. The molecule has 0 saturated carbocycles. The van der Waals surface area contributed by atoms with Crippen molar-refractivity contribution in [3.63, 3.8) is 0 Å². The van der Waals surface area contributed by atoms with Gasteiger partial charge in [-0.05, 0) is 30.3 Å². The Kier molecular flexibility index (Phi) is 6.47. The molecule has 0 radical (unpaired) electrons. The van der Waals surface area contributed by atoms with Crippen molar-refractivity contribution in [1.82, 2.24) is 10.3 Å². The van der Waals surface area contributed by atoms with Crippen LogP contribution in [0.1, 0.15) is 12.0 Å². The maximum Gasteiger partial charge on any atom is 0.237 e. The summed E-state index contributed by atoms with van der Waals surface area (Å²) in [6.45, 7) is 0.514. The van der Waals surface area contributed by atoms with E-state index < -0.39 is 5.82 Å². The van der Waals surface area contributed by atoms with E-state index in [0.29, 0.717) is 29.5 Å². The minimum atomic E-state index is -0.407. The number of nitrogens with zero attached hydrogens (tertiary/aromatic N) is 2. The Morgan fingerprint density at radius 2 is 2.03 bits per heavy atom. The molecule has 158 valence electrons. The van der Waals surface area contributed by atoms with E-state index in [1.807, 2.05) is 24.3 Å². The number of thioether (sulfide) groups is 1. The van der Waals surface area contributed by atoms with E-state index in [9.17, 15) is 14.0 Å². The number of hydrogen-bond acceptors (Lipinski definition) is 5. The average molecular weight is 437 g/mol. The van der Waals surface area contributed by atoms with Crippen LogP contribution in [0.15, 0.2) is 71.8 Å². The molecule has 4 rings (SSSR count). The summed E-state index contributed by atoms with van der Waals surface area (Å²) in [5.41, 5.74) is 1.51. The molecule has 0 saturated heterocycles.